The van der Waals surface area contributed by atoms with Gasteiger partial charge in [-0.2, -0.15) is 0 Å². The number of piperazine rings is 1. The second-order valence-electron chi connectivity index (χ2n) is 6.89. The molecule has 0 unspecified atom stereocenters. The highest BCUT2D eigenvalue weighted by atomic mass is 35.5. The predicted molar refractivity (Wildman–Crippen MR) is 117 cm³/mol. The van der Waals surface area contributed by atoms with Gasteiger partial charge in [0.15, 0.2) is 0 Å². The summed E-state index contributed by atoms with van der Waals surface area (Å²) < 4.78 is 0. The number of benzene rings is 2. The summed E-state index contributed by atoms with van der Waals surface area (Å²) in [4.78, 5) is 27.9. The van der Waals surface area contributed by atoms with Crippen molar-refractivity contribution < 1.29 is 9.59 Å². The molecule has 2 aromatic carbocycles. The smallest absolute Gasteiger partial charge is 0.321 e. The molecule has 0 aromatic heterocycles. The average Bonchev–Trinajstić information content (AvgIpc) is 2.64. The van der Waals surface area contributed by atoms with Crippen molar-refractivity contribution in [2.45, 2.75) is 20.8 Å². The van der Waals surface area contributed by atoms with E-state index in [-0.39, 0.29) is 24.3 Å². The van der Waals surface area contributed by atoms with E-state index in [1.54, 1.807) is 18.2 Å². The van der Waals surface area contributed by atoms with E-state index in [9.17, 15) is 9.59 Å². The normalized spacial score (nSPS) is 13.5. The third-order valence-electron chi connectivity index (χ3n) is 4.92. The highest BCUT2D eigenvalue weighted by Gasteiger charge is 2.22. The summed E-state index contributed by atoms with van der Waals surface area (Å²) in [5, 5.41) is 5.64. The van der Waals surface area contributed by atoms with Gasteiger partial charge >= 0.3 is 6.03 Å². The Labute approximate surface area is 172 Å². The van der Waals surface area contributed by atoms with E-state index in [4.69, 9.17) is 0 Å². The van der Waals surface area contributed by atoms with Crippen LogP contribution in [0, 0.1) is 13.8 Å². The molecule has 1 heterocycles. The third-order valence-corrected chi connectivity index (χ3v) is 4.92. The van der Waals surface area contributed by atoms with Gasteiger partial charge in [-0.1, -0.05) is 18.2 Å². The van der Waals surface area contributed by atoms with Crippen molar-refractivity contribution in [3.8, 4) is 0 Å². The average molecular weight is 403 g/mol. The predicted octanol–water partition coefficient (Wildman–Crippen LogP) is 4.04. The second-order valence-corrected chi connectivity index (χ2v) is 6.89. The number of amides is 3. The molecule has 1 aliphatic heterocycles. The number of halogens is 1. The van der Waals surface area contributed by atoms with Gasteiger partial charge in [-0.25, -0.2) is 4.79 Å². The fourth-order valence-electron chi connectivity index (χ4n) is 3.31. The molecule has 0 aliphatic carbocycles. The molecule has 2 aromatic rings. The summed E-state index contributed by atoms with van der Waals surface area (Å²) in [6, 6.07) is 13.4. The monoisotopic (exact) mass is 402 g/mol. The first-order valence-corrected chi connectivity index (χ1v) is 9.19. The zero-order valence-corrected chi connectivity index (χ0v) is 17.3. The topological polar surface area (TPSA) is 64.7 Å². The highest BCUT2D eigenvalue weighted by molar-refractivity contribution is 5.92. The molecule has 0 spiro atoms. The van der Waals surface area contributed by atoms with Gasteiger partial charge in [0.1, 0.15) is 0 Å². The fraction of sp³-hybridized carbons (Fsp3) is 0.333. The first-order valence-electron chi connectivity index (χ1n) is 9.19. The molecule has 1 aliphatic rings. The summed E-state index contributed by atoms with van der Waals surface area (Å²) in [5.41, 5.74) is 5.17. The van der Waals surface area contributed by atoms with Gasteiger partial charge in [-0.15, -0.1) is 12.4 Å². The van der Waals surface area contributed by atoms with E-state index in [1.165, 1.54) is 23.7 Å². The molecule has 3 rings (SSSR count). The molecular weight excluding hydrogens is 376 g/mol. The molecule has 150 valence electrons. The van der Waals surface area contributed by atoms with Crippen LogP contribution in [0.1, 0.15) is 18.1 Å². The molecule has 0 saturated carbocycles. The molecule has 7 heteroatoms. The number of hydrogen-bond acceptors (Lipinski definition) is 3. The molecule has 0 bridgehead atoms. The number of anilines is 3. The lowest BCUT2D eigenvalue weighted by Crippen LogP contribution is -2.50. The zero-order chi connectivity index (χ0) is 19.4. The molecule has 2 N–H and O–H groups in total. The van der Waals surface area contributed by atoms with Gasteiger partial charge in [0, 0.05) is 50.2 Å². The Morgan fingerprint density at radius 3 is 2.14 bits per heavy atom. The summed E-state index contributed by atoms with van der Waals surface area (Å²) >= 11 is 0. The number of aryl methyl sites for hydroxylation is 1. The number of urea groups is 1. The first-order chi connectivity index (χ1) is 12.9. The SMILES string of the molecule is CC(=O)Nc1cccc(NC(=O)N2CCN(c3cccc(C)c3C)CC2)c1.Cl. The Morgan fingerprint density at radius 2 is 1.50 bits per heavy atom. The van der Waals surface area contributed by atoms with Gasteiger partial charge in [0.05, 0.1) is 0 Å². The summed E-state index contributed by atoms with van der Waals surface area (Å²) in [7, 11) is 0. The molecule has 0 radical (unpaired) electrons. The minimum atomic E-state index is -0.138. The maximum Gasteiger partial charge on any atom is 0.321 e. The Kier molecular flexibility index (Phi) is 7.29. The Morgan fingerprint density at radius 1 is 0.893 bits per heavy atom. The highest BCUT2D eigenvalue weighted by Crippen LogP contribution is 2.24. The summed E-state index contributed by atoms with van der Waals surface area (Å²) in [6.07, 6.45) is 0. The second kappa shape index (κ2) is 9.46. The van der Waals surface area contributed by atoms with E-state index < -0.39 is 0 Å². The van der Waals surface area contributed by atoms with Crippen LogP contribution in [-0.2, 0) is 4.79 Å². The number of rotatable bonds is 3. The van der Waals surface area contributed by atoms with Crippen LogP contribution < -0.4 is 15.5 Å². The van der Waals surface area contributed by atoms with E-state index >= 15 is 0 Å². The van der Waals surface area contributed by atoms with Crippen LogP contribution in [0.4, 0.5) is 21.9 Å². The Balaban J connectivity index is 0.00000280. The van der Waals surface area contributed by atoms with Crippen molar-refractivity contribution in [1.82, 2.24) is 4.90 Å². The number of carbonyl (C=O) groups is 2. The Hall–Kier alpha value is -2.73. The third kappa shape index (κ3) is 5.16. The van der Waals surface area contributed by atoms with Gasteiger partial charge in [0.25, 0.3) is 0 Å². The lowest BCUT2D eigenvalue weighted by Gasteiger charge is -2.37. The van der Waals surface area contributed by atoms with E-state index in [0.29, 0.717) is 24.5 Å². The van der Waals surface area contributed by atoms with Crippen molar-refractivity contribution in [1.29, 1.82) is 0 Å². The fourth-order valence-corrected chi connectivity index (χ4v) is 3.31. The number of hydrogen-bond donors (Lipinski definition) is 2. The maximum atomic E-state index is 12.6. The van der Waals surface area contributed by atoms with Gasteiger partial charge < -0.3 is 20.4 Å². The summed E-state index contributed by atoms with van der Waals surface area (Å²) in [6.45, 7) is 8.69. The largest absolute Gasteiger partial charge is 0.368 e. The number of nitrogens with one attached hydrogen (secondary N) is 2. The van der Waals surface area contributed by atoms with Gasteiger partial charge in [0.2, 0.25) is 5.91 Å². The van der Waals surface area contributed by atoms with Crippen LogP contribution in [0.5, 0.6) is 0 Å². The molecule has 1 saturated heterocycles. The van der Waals surface area contributed by atoms with Crippen molar-refractivity contribution >= 4 is 41.4 Å². The molecule has 3 amide bonds. The molecule has 6 nitrogen and oxygen atoms in total. The van der Waals surface area contributed by atoms with Crippen LogP contribution in [0.15, 0.2) is 42.5 Å². The molecule has 28 heavy (non-hydrogen) atoms. The van der Waals surface area contributed by atoms with Crippen LogP contribution in [0.3, 0.4) is 0 Å². The van der Waals surface area contributed by atoms with Crippen LogP contribution >= 0.6 is 12.4 Å². The minimum absolute atomic E-state index is 0. The minimum Gasteiger partial charge on any atom is -0.368 e. The van der Waals surface area contributed by atoms with Gasteiger partial charge in [-0.3, -0.25) is 4.79 Å². The van der Waals surface area contributed by atoms with Crippen LogP contribution in [-0.4, -0.2) is 43.0 Å². The van der Waals surface area contributed by atoms with E-state index in [0.717, 1.165) is 13.1 Å². The number of carbonyl (C=O) groups excluding carboxylic acids is 2. The quantitative estimate of drug-likeness (QED) is 0.814. The standard InChI is InChI=1S/C21H26N4O2.ClH/c1-15-6-4-9-20(16(15)2)24-10-12-25(13-11-24)21(27)23-19-8-5-7-18(14-19)22-17(3)26;/h4-9,14H,10-13H2,1-3H3,(H,22,26)(H,23,27);1H. The van der Waals surface area contributed by atoms with E-state index in [1.807, 2.05) is 11.0 Å². The molecule has 1 fully saturated rings. The first kappa shape index (κ1) is 21.6. The van der Waals surface area contributed by atoms with Gasteiger partial charge in [-0.05, 0) is 49.2 Å². The van der Waals surface area contributed by atoms with Crippen molar-refractivity contribution in [3.63, 3.8) is 0 Å². The van der Waals surface area contributed by atoms with E-state index in [2.05, 4.69) is 47.6 Å². The maximum absolute atomic E-state index is 12.6. The number of nitrogens with zero attached hydrogens (tertiary/aromatic N) is 2. The van der Waals surface area contributed by atoms with Crippen molar-refractivity contribution in [2.75, 3.05) is 41.7 Å². The van der Waals surface area contributed by atoms with Crippen molar-refractivity contribution in [2.24, 2.45) is 0 Å². The molecule has 0 atom stereocenters. The Bertz CT molecular complexity index is 848. The van der Waals surface area contributed by atoms with Crippen molar-refractivity contribution in [3.05, 3.63) is 53.6 Å². The lowest BCUT2D eigenvalue weighted by molar-refractivity contribution is -0.114. The molecular formula is C21H27ClN4O2. The van der Waals surface area contributed by atoms with Crippen LogP contribution in [0.2, 0.25) is 0 Å². The summed E-state index contributed by atoms with van der Waals surface area (Å²) in [5.74, 6) is -0.138. The lowest BCUT2D eigenvalue weighted by atomic mass is 10.1. The van der Waals surface area contributed by atoms with Crippen LogP contribution in [0.25, 0.3) is 0 Å². The zero-order valence-electron chi connectivity index (χ0n) is 16.5.